The Hall–Kier alpha value is -1.77. The van der Waals surface area contributed by atoms with Gasteiger partial charge in [0.25, 0.3) is 0 Å². The molecule has 166 valence electrons. The van der Waals surface area contributed by atoms with Crippen molar-refractivity contribution in [2.75, 3.05) is 26.7 Å². The van der Waals surface area contributed by atoms with Crippen molar-refractivity contribution in [2.45, 2.75) is 52.5 Å². The standard InChI is InChI=1S/C23H35N5O.HI/c1-6-21-20(22(7-2)27(4)26-21)15-25-23(24-8-3)28-14-13-18(16-28)17-9-11-19(29-5)12-10-17;/h9-12,18H,6-8,13-16H2,1-5H3,(H,24,25);1H. The highest BCUT2D eigenvalue weighted by Crippen LogP contribution is 2.28. The molecular formula is C23H36IN5O. The van der Waals surface area contributed by atoms with Gasteiger partial charge in [0.1, 0.15) is 5.75 Å². The number of hydrogen-bond donors (Lipinski definition) is 1. The van der Waals surface area contributed by atoms with Crippen molar-refractivity contribution in [1.29, 1.82) is 0 Å². The third-order valence-electron chi connectivity index (χ3n) is 5.82. The van der Waals surface area contributed by atoms with E-state index in [1.165, 1.54) is 22.5 Å². The summed E-state index contributed by atoms with van der Waals surface area (Å²) in [5, 5.41) is 8.19. The molecule has 1 saturated heterocycles. The van der Waals surface area contributed by atoms with E-state index in [0.29, 0.717) is 12.5 Å². The monoisotopic (exact) mass is 525 g/mol. The fourth-order valence-corrected chi connectivity index (χ4v) is 4.25. The number of aromatic nitrogens is 2. The number of aryl methyl sites for hydroxylation is 2. The first-order valence-corrected chi connectivity index (χ1v) is 10.8. The van der Waals surface area contributed by atoms with Crippen LogP contribution in [0.3, 0.4) is 0 Å². The first kappa shape index (κ1) is 24.5. The molecule has 0 aliphatic carbocycles. The van der Waals surface area contributed by atoms with Crippen LogP contribution in [0.5, 0.6) is 5.75 Å². The number of hydrogen-bond acceptors (Lipinski definition) is 3. The summed E-state index contributed by atoms with van der Waals surface area (Å²) in [4.78, 5) is 7.40. The number of ether oxygens (including phenoxy) is 1. The van der Waals surface area contributed by atoms with Crippen LogP contribution in [0.25, 0.3) is 0 Å². The van der Waals surface area contributed by atoms with Gasteiger partial charge in [-0.2, -0.15) is 5.10 Å². The number of methoxy groups -OCH3 is 1. The average molecular weight is 525 g/mol. The smallest absolute Gasteiger partial charge is 0.194 e. The molecule has 1 aliphatic heterocycles. The lowest BCUT2D eigenvalue weighted by molar-refractivity contribution is 0.414. The minimum Gasteiger partial charge on any atom is -0.497 e. The van der Waals surface area contributed by atoms with Crippen LogP contribution in [0.2, 0.25) is 0 Å². The van der Waals surface area contributed by atoms with Crippen molar-refractivity contribution < 1.29 is 4.74 Å². The number of nitrogens with zero attached hydrogens (tertiary/aromatic N) is 4. The van der Waals surface area contributed by atoms with E-state index in [0.717, 1.165) is 50.6 Å². The van der Waals surface area contributed by atoms with Crippen LogP contribution in [-0.4, -0.2) is 47.4 Å². The summed E-state index contributed by atoms with van der Waals surface area (Å²) in [7, 11) is 3.75. The highest BCUT2D eigenvalue weighted by atomic mass is 127. The van der Waals surface area contributed by atoms with Gasteiger partial charge in [0, 0.05) is 43.9 Å². The molecule has 2 aromatic rings. The molecule has 1 aliphatic rings. The Morgan fingerprint density at radius 2 is 1.93 bits per heavy atom. The number of benzene rings is 1. The third-order valence-corrected chi connectivity index (χ3v) is 5.82. The van der Waals surface area contributed by atoms with Crippen molar-refractivity contribution in [3.8, 4) is 5.75 Å². The second-order valence-electron chi connectivity index (χ2n) is 7.58. The lowest BCUT2D eigenvalue weighted by Crippen LogP contribution is -2.40. The molecule has 6 nitrogen and oxygen atoms in total. The van der Waals surface area contributed by atoms with Gasteiger partial charge >= 0.3 is 0 Å². The molecule has 1 unspecified atom stereocenters. The first-order valence-electron chi connectivity index (χ1n) is 10.8. The van der Waals surface area contributed by atoms with E-state index in [1.54, 1.807) is 7.11 Å². The van der Waals surface area contributed by atoms with Gasteiger partial charge in [0.2, 0.25) is 0 Å². The molecule has 1 N–H and O–H groups in total. The Kier molecular flexibility index (Phi) is 9.45. The highest BCUT2D eigenvalue weighted by molar-refractivity contribution is 14.0. The van der Waals surface area contributed by atoms with Gasteiger partial charge in [0.15, 0.2) is 5.96 Å². The molecule has 2 heterocycles. The maximum absolute atomic E-state index is 5.29. The Morgan fingerprint density at radius 3 is 2.53 bits per heavy atom. The van der Waals surface area contributed by atoms with Gasteiger partial charge in [0.05, 0.1) is 19.3 Å². The maximum atomic E-state index is 5.29. The number of aliphatic imine (C=N–C) groups is 1. The zero-order chi connectivity index (χ0) is 20.8. The minimum atomic E-state index is 0. The molecular weight excluding hydrogens is 489 g/mol. The molecule has 0 spiro atoms. The Labute approximate surface area is 198 Å². The van der Waals surface area contributed by atoms with Gasteiger partial charge in [-0.3, -0.25) is 4.68 Å². The zero-order valence-electron chi connectivity index (χ0n) is 18.9. The quantitative estimate of drug-likeness (QED) is 0.336. The number of halogens is 1. The predicted octanol–water partition coefficient (Wildman–Crippen LogP) is 4.13. The lowest BCUT2D eigenvalue weighted by Gasteiger charge is -2.22. The molecule has 0 saturated carbocycles. The zero-order valence-corrected chi connectivity index (χ0v) is 21.3. The Balaban J connectivity index is 0.00000320. The molecule has 0 amide bonds. The summed E-state index contributed by atoms with van der Waals surface area (Å²) in [6.07, 6.45) is 3.07. The molecule has 1 fully saturated rings. The van der Waals surface area contributed by atoms with Crippen LogP contribution in [0.1, 0.15) is 55.6 Å². The topological polar surface area (TPSA) is 54.7 Å². The van der Waals surface area contributed by atoms with Gasteiger partial charge in [-0.1, -0.05) is 26.0 Å². The Bertz CT molecular complexity index is 831. The summed E-state index contributed by atoms with van der Waals surface area (Å²) in [6.45, 7) is 10.1. The minimum absolute atomic E-state index is 0. The van der Waals surface area contributed by atoms with Crippen LogP contribution in [-0.2, 0) is 26.4 Å². The summed E-state index contributed by atoms with van der Waals surface area (Å²) in [5.74, 6) is 2.45. The molecule has 1 aromatic carbocycles. The van der Waals surface area contributed by atoms with Crippen LogP contribution < -0.4 is 10.1 Å². The lowest BCUT2D eigenvalue weighted by atomic mass is 9.98. The van der Waals surface area contributed by atoms with E-state index in [2.05, 4.69) is 55.3 Å². The largest absolute Gasteiger partial charge is 0.497 e. The van der Waals surface area contributed by atoms with E-state index >= 15 is 0 Å². The molecule has 30 heavy (non-hydrogen) atoms. The number of likely N-dealkylation sites (tertiary alicyclic amines) is 1. The van der Waals surface area contributed by atoms with Gasteiger partial charge in [-0.25, -0.2) is 4.99 Å². The van der Waals surface area contributed by atoms with Crippen molar-refractivity contribution in [3.63, 3.8) is 0 Å². The van der Waals surface area contributed by atoms with Crippen molar-refractivity contribution in [2.24, 2.45) is 12.0 Å². The van der Waals surface area contributed by atoms with E-state index in [9.17, 15) is 0 Å². The van der Waals surface area contributed by atoms with Crippen LogP contribution in [0.4, 0.5) is 0 Å². The van der Waals surface area contributed by atoms with E-state index in [1.807, 2.05) is 11.7 Å². The molecule has 0 radical (unpaired) electrons. The molecule has 0 bridgehead atoms. The molecule has 7 heteroatoms. The summed E-state index contributed by atoms with van der Waals surface area (Å²) in [5.41, 5.74) is 5.12. The first-order chi connectivity index (χ1) is 14.1. The van der Waals surface area contributed by atoms with Crippen molar-refractivity contribution in [3.05, 3.63) is 46.8 Å². The number of guanidine groups is 1. The van der Waals surface area contributed by atoms with Gasteiger partial charge < -0.3 is 15.0 Å². The summed E-state index contributed by atoms with van der Waals surface area (Å²) in [6, 6.07) is 8.48. The Morgan fingerprint density at radius 1 is 1.20 bits per heavy atom. The average Bonchev–Trinajstić information content (AvgIpc) is 3.35. The molecule has 1 aromatic heterocycles. The predicted molar refractivity (Wildman–Crippen MR) is 134 cm³/mol. The maximum Gasteiger partial charge on any atom is 0.194 e. The van der Waals surface area contributed by atoms with Gasteiger partial charge in [-0.05, 0) is 43.9 Å². The molecule has 1 atom stereocenters. The fourth-order valence-electron chi connectivity index (χ4n) is 4.25. The van der Waals surface area contributed by atoms with Gasteiger partial charge in [-0.15, -0.1) is 24.0 Å². The normalized spacial score (nSPS) is 16.5. The fraction of sp³-hybridized carbons (Fsp3) is 0.565. The van der Waals surface area contributed by atoms with Crippen LogP contribution in [0, 0.1) is 0 Å². The highest BCUT2D eigenvalue weighted by Gasteiger charge is 2.26. The second kappa shape index (κ2) is 11.6. The summed E-state index contributed by atoms with van der Waals surface area (Å²) < 4.78 is 7.31. The van der Waals surface area contributed by atoms with E-state index < -0.39 is 0 Å². The SMILES string of the molecule is CCNC(=NCc1c(CC)nn(C)c1CC)N1CCC(c2ccc(OC)cc2)C1.I. The van der Waals surface area contributed by atoms with Crippen LogP contribution in [0.15, 0.2) is 29.3 Å². The molecule has 3 rings (SSSR count). The van der Waals surface area contributed by atoms with Crippen LogP contribution >= 0.6 is 24.0 Å². The second-order valence-corrected chi connectivity index (χ2v) is 7.58. The van der Waals surface area contributed by atoms with Crippen molar-refractivity contribution in [1.82, 2.24) is 20.0 Å². The van der Waals surface area contributed by atoms with E-state index in [4.69, 9.17) is 14.8 Å². The number of nitrogens with one attached hydrogen (secondary N) is 1. The van der Waals surface area contributed by atoms with E-state index in [-0.39, 0.29) is 24.0 Å². The third kappa shape index (κ3) is 5.47. The van der Waals surface area contributed by atoms with Crippen molar-refractivity contribution >= 4 is 29.9 Å². The summed E-state index contributed by atoms with van der Waals surface area (Å²) >= 11 is 0. The number of rotatable bonds is 7.